The fourth-order valence-corrected chi connectivity index (χ4v) is 3.32. The molecule has 0 amide bonds. The Morgan fingerprint density at radius 2 is 1.29 bits per heavy atom. The summed E-state index contributed by atoms with van der Waals surface area (Å²) in [6.07, 6.45) is 0. The predicted octanol–water partition coefficient (Wildman–Crippen LogP) is 3.40. The Kier molecular flexibility index (Phi) is 5.84. The standard InChI is InChI=1S/C8H2ClF6IO6S2/c9-3-1-2-4(21-23(17,18)7(10,11)12)5(16)6(3)22-24(19,20)8(13,14)15/h1-2H. The monoisotopic (exact) mass is 534 g/mol. The van der Waals surface area contributed by atoms with Crippen molar-refractivity contribution in [3.8, 4) is 11.5 Å². The van der Waals surface area contributed by atoms with Crippen LogP contribution in [0.25, 0.3) is 0 Å². The molecular weight excluding hydrogens is 533 g/mol. The molecule has 1 aromatic carbocycles. The topological polar surface area (TPSA) is 86.7 Å². The number of rotatable bonds is 4. The lowest BCUT2D eigenvalue weighted by Crippen LogP contribution is -2.29. The molecule has 0 aliphatic rings. The first kappa shape index (κ1) is 21.4. The highest BCUT2D eigenvalue weighted by molar-refractivity contribution is 14.1. The maximum absolute atomic E-state index is 12.3. The normalized spacial score (nSPS) is 13.7. The second-order valence-electron chi connectivity index (χ2n) is 3.66. The highest BCUT2D eigenvalue weighted by Gasteiger charge is 2.50. The molecule has 1 rings (SSSR count). The first-order valence-electron chi connectivity index (χ1n) is 4.99. The average molecular weight is 535 g/mol. The van der Waals surface area contributed by atoms with Gasteiger partial charge in [-0.05, 0) is 34.7 Å². The summed E-state index contributed by atoms with van der Waals surface area (Å²) in [5.74, 6) is -2.38. The van der Waals surface area contributed by atoms with E-state index in [1.165, 1.54) is 0 Å². The van der Waals surface area contributed by atoms with Crippen molar-refractivity contribution in [1.29, 1.82) is 0 Å². The van der Waals surface area contributed by atoms with E-state index in [-0.39, 0.29) is 0 Å². The molecule has 0 bridgehead atoms. The fourth-order valence-electron chi connectivity index (χ4n) is 0.978. The number of benzene rings is 1. The molecular formula is C8H2ClF6IO6S2. The van der Waals surface area contributed by atoms with E-state index in [2.05, 4.69) is 8.37 Å². The molecule has 0 aliphatic heterocycles. The van der Waals surface area contributed by atoms with E-state index >= 15 is 0 Å². The van der Waals surface area contributed by atoms with Crippen LogP contribution < -0.4 is 8.37 Å². The van der Waals surface area contributed by atoms with Crippen LogP contribution in [0.2, 0.25) is 5.02 Å². The van der Waals surface area contributed by atoms with E-state index in [4.69, 9.17) is 11.6 Å². The van der Waals surface area contributed by atoms with Crippen LogP contribution in [0.5, 0.6) is 11.5 Å². The first-order chi connectivity index (χ1) is 10.5. The molecule has 24 heavy (non-hydrogen) atoms. The zero-order valence-electron chi connectivity index (χ0n) is 10.4. The molecule has 16 heteroatoms. The number of hydrogen-bond donors (Lipinski definition) is 0. The van der Waals surface area contributed by atoms with Crippen LogP contribution in [0.3, 0.4) is 0 Å². The number of halogens is 8. The minimum absolute atomic E-state index is 0.570. The van der Waals surface area contributed by atoms with E-state index in [1.54, 1.807) is 0 Å². The summed E-state index contributed by atoms with van der Waals surface area (Å²) in [6.45, 7) is 0. The molecule has 0 saturated heterocycles. The van der Waals surface area contributed by atoms with Gasteiger partial charge in [-0.25, -0.2) is 0 Å². The molecule has 0 aliphatic carbocycles. The highest BCUT2D eigenvalue weighted by atomic mass is 127. The molecule has 0 radical (unpaired) electrons. The smallest absolute Gasteiger partial charge is 0.375 e. The second-order valence-corrected chi connectivity index (χ2v) is 8.22. The van der Waals surface area contributed by atoms with Crippen LogP contribution in [-0.4, -0.2) is 27.9 Å². The van der Waals surface area contributed by atoms with Crippen LogP contribution >= 0.6 is 34.2 Å². The number of alkyl halides is 6. The lowest BCUT2D eigenvalue weighted by Gasteiger charge is -2.15. The van der Waals surface area contributed by atoms with Crippen molar-refractivity contribution >= 4 is 54.4 Å². The first-order valence-corrected chi connectivity index (χ1v) is 9.26. The summed E-state index contributed by atoms with van der Waals surface area (Å²) in [4.78, 5) is 0. The second kappa shape index (κ2) is 6.56. The van der Waals surface area contributed by atoms with Gasteiger partial charge in [0.15, 0.2) is 11.5 Å². The van der Waals surface area contributed by atoms with Crippen LogP contribution in [0.15, 0.2) is 12.1 Å². The van der Waals surface area contributed by atoms with Crippen LogP contribution in [0.1, 0.15) is 0 Å². The summed E-state index contributed by atoms with van der Waals surface area (Å²) in [5.41, 5.74) is -11.7. The minimum Gasteiger partial charge on any atom is -0.375 e. The van der Waals surface area contributed by atoms with Gasteiger partial charge in [0.05, 0.1) is 5.02 Å². The summed E-state index contributed by atoms with van der Waals surface area (Å²) in [5, 5.41) is -0.746. The Morgan fingerprint density at radius 1 is 0.875 bits per heavy atom. The highest BCUT2D eigenvalue weighted by Crippen LogP contribution is 2.41. The molecule has 0 atom stereocenters. The Balaban J connectivity index is 3.38. The van der Waals surface area contributed by atoms with E-state index in [1.807, 2.05) is 0 Å². The quantitative estimate of drug-likeness (QED) is 0.255. The summed E-state index contributed by atoms with van der Waals surface area (Å²) in [6, 6.07) is 1.16. The third-order valence-electron chi connectivity index (χ3n) is 1.97. The fraction of sp³-hybridized carbons (Fsp3) is 0.250. The molecule has 0 fully saturated rings. The molecule has 0 N–H and O–H groups in total. The average Bonchev–Trinajstić information content (AvgIpc) is 2.35. The van der Waals surface area contributed by atoms with Gasteiger partial charge in [0.2, 0.25) is 0 Å². The summed E-state index contributed by atoms with van der Waals surface area (Å²) in [7, 11) is -12.4. The SMILES string of the molecule is O=S(=O)(Oc1ccc(Cl)c(OS(=O)(=O)C(F)(F)F)c1I)C(F)(F)F. The van der Waals surface area contributed by atoms with Gasteiger partial charge < -0.3 is 8.37 Å². The summed E-state index contributed by atoms with van der Waals surface area (Å²) < 4.78 is 124. The van der Waals surface area contributed by atoms with Gasteiger partial charge in [-0.15, -0.1) is 0 Å². The van der Waals surface area contributed by atoms with E-state index in [0.717, 1.165) is 22.6 Å². The maximum Gasteiger partial charge on any atom is 0.534 e. The molecule has 0 saturated carbocycles. The maximum atomic E-state index is 12.3. The van der Waals surface area contributed by atoms with Crippen LogP contribution in [-0.2, 0) is 20.2 Å². The van der Waals surface area contributed by atoms with Gasteiger partial charge in [-0.3, -0.25) is 0 Å². The lowest BCUT2D eigenvalue weighted by atomic mass is 10.3. The van der Waals surface area contributed by atoms with Gasteiger partial charge in [0.25, 0.3) is 0 Å². The molecule has 1 aromatic rings. The van der Waals surface area contributed by atoms with Crippen molar-refractivity contribution < 1.29 is 51.5 Å². The van der Waals surface area contributed by atoms with Gasteiger partial charge in [-0.2, -0.15) is 43.2 Å². The molecule has 0 heterocycles. The van der Waals surface area contributed by atoms with Gasteiger partial charge in [-0.1, -0.05) is 11.6 Å². The van der Waals surface area contributed by atoms with Crippen molar-refractivity contribution in [2.45, 2.75) is 11.0 Å². The van der Waals surface area contributed by atoms with Crippen molar-refractivity contribution in [3.63, 3.8) is 0 Å². The molecule has 0 spiro atoms. The predicted molar refractivity (Wildman–Crippen MR) is 75.4 cm³/mol. The van der Waals surface area contributed by atoms with Crippen molar-refractivity contribution in [2.24, 2.45) is 0 Å². The Bertz CT molecular complexity index is 847. The molecule has 6 nitrogen and oxygen atoms in total. The van der Waals surface area contributed by atoms with E-state index in [9.17, 15) is 43.2 Å². The third-order valence-corrected chi connectivity index (χ3v) is 5.21. The summed E-state index contributed by atoms with van der Waals surface area (Å²) >= 11 is 6.43. The number of hydrogen-bond acceptors (Lipinski definition) is 6. The van der Waals surface area contributed by atoms with Crippen LogP contribution in [0, 0.1) is 3.57 Å². The van der Waals surface area contributed by atoms with Gasteiger partial charge in [0, 0.05) is 0 Å². The Morgan fingerprint density at radius 3 is 1.71 bits per heavy atom. The Hall–Kier alpha value is -0.680. The van der Waals surface area contributed by atoms with Crippen molar-refractivity contribution in [3.05, 3.63) is 20.7 Å². The van der Waals surface area contributed by atoms with Crippen LogP contribution in [0.4, 0.5) is 26.3 Å². The van der Waals surface area contributed by atoms with Crippen molar-refractivity contribution in [1.82, 2.24) is 0 Å². The van der Waals surface area contributed by atoms with Gasteiger partial charge in [0.1, 0.15) is 3.57 Å². The molecule has 138 valence electrons. The third kappa shape index (κ3) is 4.48. The minimum atomic E-state index is -6.20. The van der Waals surface area contributed by atoms with Crippen molar-refractivity contribution in [2.75, 3.05) is 0 Å². The lowest BCUT2D eigenvalue weighted by molar-refractivity contribution is -0.0502. The van der Waals surface area contributed by atoms with Gasteiger partial charge >= 0.3 is 31.3 Å². The van der Waals surface area contributed by atoms with E-state index < -0.39 is 51.3 Å². The Labute approximate surface area is 149 Å². The molecule has 0 unspecified atom stereocenters. The molecule has 0 aromatic heterocycles. The largest absolute Gasteiger partial charge is 0.534 e. The van der Waals surface area contributed by atoms with E-state index in [0.29, 0.717) is 12.1 Å². The zero-order valence-corrected chi connectivity index (χ0v) is 15.0. The zero-order chi connectivity index (χ0) is 19.1.